The molecule has 2 fully saturated rings. The maximum Gasteiger partial charge on any atom is 0.237 e. The van der Waals surface area contributed by atoms with Crippen LogP contribution in [0.4, 0.5) is 0 Å². The summed E-state index contributed by atoms with van der Waals surface area (Å²) in [4.78, 5) is 15.5. The van der Waals surface area contributed by atoms with E-state index in [1.807, 2.05) is 0 Å². The first kappa shape index (κ1) is 20.8. The average molecular weight is 400 g/mol. The summed E-state index contributed by atoms with van der Waals surface area (Å²) in [5, 5.41) is 7.04. The highest BCUT2D eigenvalue weighted by Gasteiger charge is 2.42. The molecular formula is C24H37N3O2. The number of carbonyl (C=O) groups excluding carboxylic acids is 1. The summed E-state index contributed by atoms with van der Waals surface area (Å²) in [7, 11) is 1.68. The third kappa shape index (κ3) is 5.19. The van der Waals surface area contributed by atoms with Gasteiger partial charge in [-0.25, -0.2) is 0 Å². The number of methoxy groups -OCH3 is 1. The van der Waals surface area contributed by atoms with Crippen molar-refractivity contribution in [3.8, 4) is 0 Å². The highest BCUT2D eigenvalue weighted by Crippen LogP contribution is 2.31. The van der Waals surface area contributed by atoms with Crippen molar-refractivity contribution in [3.63, 3.8) is 0 Å². The lowest BCUT2D eigenvalue weighted by molar-refractivity contribution is -0.126. The zero-order valence-corrected chi connectivity index (χ0v) is 17.9. The molecule has 1 saturated carbocycles. The van der Waals surface area contributed by atoms with Gasteiger partial charge in [-0.1, -0.05) is 49.9 Å². The molecule has 4 rings (SSSR count). The summed E-state index contributed by atoms with van der Waals surface area (Å²) in [5.41, 5.74) is 2.91. The summed E-state index contributed by atoms with van der Waals surface area (Å²) < 4.78 is 5.12. The lowest BCUT2D eigenvalue weighted by atomic mass is 10.1. The van der Waals surface area contributed by atoms with E-state index in [1.165, 1.54) is 49.7 Å². The van der Waals surface area contributed by atoms with Gasteiger partial charge < -0.3 is 15.4 Å². The van der Waals surface area contributed by atoms with Gasteiger partial charge in [-0.3, -0.25) is 9.69 Å². The molecule has 1 aliphatic heterocycles. The van der Waals surface area contributed by atoms with Gasteiger partial charge in [-0.05, 0) is 43.2 Å². The van der Waals surface area contributed by atoms with Crippen LogP contribution in [0.15, 0.2) is 24.3 Å². The maximum atomic E-state index is 13.0. The van der Waals surface area contributed by atoms with Crippen molar-refractivity contribution in [2.45, 2.75) is 82.0 Å². The number of hydrogen-bond donors (Lipinski definition) is 2. The number of benzene rings is 1. The van der Waals surface area contributed by atoms with Gasteiger partial charge in [0.25, 0.3) is 0 Å². The van der Waals surface area contributed by atoms with E-state index in [0.29, 0.717) is 31.3 Å². The smallest absolute Gasteiger partial charge is 0.237 e. The summed E-state index contributed by atoms with van der Waals surface area (Å²) in [6.45, 7) is 2.14. The van der Waals surface area contributed by atoms with Crippen LogP contribution in [0.3, 0.4) is 0 Å². The van der Waals surface area contributed by atoms with Gasteiger partial charge >= 0.3 is 0 Å². The number of rotatable bonds is 7. The van der Waals surface area contributed by atoms with E-state index >= 15 is 0 Å². The molecule has 0 spiro atoms. The second kappa shape index (κ2) is 10.1. The monoisotopic (exact) mass is 399 g/mol. The molecule has 5 nitrogen and oxygen atoms in total. The van der Waals surface area contributed by atoms with Crippen LogP contribution < -0.4 is 10.6 Å². The number of likely N-dealkylation sites (tertiary alicyclic amines) is 1. The minimum atomic E-state index is -0.0329. The normalized spacial score (nSPS) is 26.4. The molecule has 0 unspecified atom stereocenters. The zero-order valence-electron chi connectivity index (χ0n) is 17.9. The van der Waals surface area contributed by atoms with Gasteiger partial charge in [0.1, 0.15) is 0 Å². The van der Waals surface area contributed by atoms with Crippen LogP contribution in [-0.2, 0) is 22.4 Å². The molecule has 29 heavy (non-hydrogen) atoms. The molecule has 0 bridgehead atoms. The standard InChI is InChI=1S/C24H37N3O2/c1-29-13-12-25-24(28)23-16-21(26-20-10-4-2-3-5-11-20)17-27(23)22-14-18-8-6-7-9-19(18)15-22/h6-9,20-23,26H,2-5,10-17H2,1H3,(H,25,28)/t21-,23+/m1/s1. The highest BCUT2D eigenvalue weighted by atomic mass is 16.5. The fourth-order valence-corrected chi connectivity index (χ4v) is 5.59. The molecule has 2 atom stereocenters. The number of fused-ring (bicyclic) bond motifs is 1. The largest absolute Gasteiger partial charge is 0.383 e. The summed E-state index contributed by atoms with van der Waals surface area (Å²) in [6.07, 6.45) is 11.1. The van der Waals surface area contributed by atoms with Gasteiger partial charge in [0.15, 0.2) is 0 Å². The Bertz CT molecular complexity index is 647. The van der Waals surface area contributed by atoms with Gasteiger partial charge in [0, 0.05) is 38.3 Å². The Morgan fingerprint density at radius 1 is 1.07 bits per heavy atom. The van der Waals surface area contributed by atoms with Crippen LogP contribution in [-0.4, -0.2) is 61.8 Å². The van der Waals surface area contributed by atoms with E-state index in [0.717, 1.165) is 25.8 Å². The topological polar surface area (TPSA) is 53.6 Å². The first-order valence-corrected chi connectivity index (χ1v) is 11.6. The van der Waals surface area contributed by atoms with Crippen molar-refractivity contribution < 1.29 is 9.53 Å². The van der Waals surface area contributed by atoms with E-state index in [2.05, 4.69) is 39.8 Å². The number of carbonyl (C=O) groups is 1. The van der Waals surface area contributed by atoms with E-state index in [-0.39, 0.29) is 11.9 Å². The Hall–Kier alpha value is -1.43. The second-order valence-electron chi connectivity index (χ2n) is 9.11. The van der Waals surface area contributed by atoms with Crippen LogP contribution >= 0.6 is 0 Å². The van der Waals surface area contributed by atoms with Crippen LogP contribution in [0.1, 0.15) is 56.1 Å². The second-order valence-corrected chi connectivity index (χ2v) is 9.11. The van der Waals surface area contributed by atoms with E-state index in [4.69, 9.17) is 4.74 Å². The Morgan fingerprint density at radius 2 is 1.76 bits per heavy atom. The fourth-order valence-electron chi connectivity index (χ4n) is 5.59. The Balaban J connectivity index is 1.42. The van der Waals surface area contributed by atoms with Crippen molar-refractivity contribution in [3.05, 3.63) is 35.4 Å². The van der Waals surface area contributed by atoms with Gasteiger partial charge in [-0.2, -0.15) is 0 Å². The van der Waals surface area contributed by atoms with E-state index in [9.17, 15) is 4.79 Å². The third-order valence-corrected chi connectivity index (χ3v) is 7.07. The molecule has 0 radical (unpaired) electrons. The number of nitrogens with zero attached hydrogens (tertiary/aromatic N) is 1. The first-order chi connectivity index (χ1) is 14.2. The van der Waals surface area contributed by atoms with Crippen molar-refractivity contribution in [2.24, 2.45) is 0 Å². The minimum absolute atomic E-state index is 0.0329. The molecular weight excluding hydrogens is 362 g/mol. The van der Waals surface area contributed by atoms with Crippen LogP contribution in [0, 0.1) is 0 Å². The first-order valence-electron chi connectivity index (χ1n) is 11.6. The predicted molar refractivity (Wildman–Crippen MR) is 116 cm³/mol. The molecule has 2 N–H and O–H groups in total. The molecule has 0 aromatic heterocycles. The average Bonchev–Trinajstić information content (AvgIpc) is 3.25. The van der Waals surface area contributed by atoms with E-state index in [1.54, 1.807) is 7.11 Å². The summed E-state index contributed by atoms with van der Waals surface area (Å²) >= 11 is 0. The highest BCUT2D eigenvalue weighted by molar-refractivity contribution is 5.82. The fraction of sp³-hybridized carbons (Fsp3) is 0.708. The maximum absolute atomic E-state index is 13.0. The number of amides is 1. The molecule has 1 aromatic rings. The van der Waals surface area contributed by atoms with Gasteiger partial charge in [-0.15, -0.1) is 0 Å². The summed E-state index contributed by atoms with van der Waals surface area (Å²) in [6, 6.07) is 10.2. The molecule has 5 heteroatoms. The third-order valence-electron chi connectivity index (χ3n) is 7.07. The van der Waals surface area contributed by atoms with Crippen molar-refractivity contribution in [1.29, 1.82) is 0 Å². The number of ether oxygens (including phenoxy) is 1. The van der Waals surface area contributed by atoms with Gasteiger partial charge in [0.05, 0.1) is 12.6 Å². The Labute approximate surface area is 175 Å². The van der Waals surface area contributed by atoms with Crippen molar-refractivity contribution in [2.75, 3.05) is 26.8 Å². The molecule has 3 aliphatic rings. The van der Waals surface area contributed by atoms with Gasteiger partial charge in [0.2, 0.25) is 5.91 Å². The van der Waals surface area contributed by atoms with Crippen molar-refractivity contribution >= 4 is 5.91 Å². The molecule has 1 heterocycles. The minimum Gasteiger partial charge on any atom is -0.383 e. The van der Waals surface area contributed by atoms with E-state index < -0.39 is 0 Å². The van der Waals surface area contributed by atoms with Crippen LogP contribution in [0.2, 0.25) is 0 Å². The number of nitrogens with one attached hydrogen (secondary N) is 2. The Kier molecular flexibility index (Phi) is 7.22. The van der Waals surface area contributed by atoms with Crippen molar-refractivity contribution in [1.82, 2.24) is 15.5 Å². The predicted octanol–water partition coefficient (Wildman–Crippen LogP) is 2.67. The lowest BCUT2D eigenvalue weighted by Gasteiger charge is -2.29. The molecule has 1 saturated heterocycles. The molecule has 2 aliphatic carbocycles. The lowest BCUT2D eigenvalue weighted by Crippen LogP contribution is -2.48. The molecule has 1 aromatic carbocycles. The molecule has 1 amide bonds. The van der Waals surface area contributed by atoms with Crippen LogP contribution in [0.5, 0.6) is 0 Å². The quantitative estimate of drug-likeness (QED) is 0.547. The molecule has 160 valence electrons. The van der Waals surface area contributed by atoms with Crippen LogP contribution in [0.25, 0.3) is 0 Å². The summed E-state index contributed by atoms with van der Waals surface area (Å²) in [5.74, 6) is 0.170. The number of hydrogen-bond acceptors (Lipinski definition) is 4. The zero-order chi connectivity index (χ0) is 20.1. The Morgan fingerprint density at radius 3 is 2.41 bits per heavy atom. The SMILES string of the molecule is COCCNC(=O)[C@@H]1C[C@@H](NC2CCCCCC2)CN1C1Cc2ccccc2C1.